The number of piperidine rings is 1. The Labute approximate surface area is 146 Å². The average Bonchev–Trinajstić information content (AvgIpc) is 2.73. The second kappa shape index (κ2) is 7.44. The highest BCUT2D eigenvalue weighted by Gasteiger charge is 2.46. The second-order valence-electron chi connectivity index (χ2n) is 7.30. The highest BCUT2D eigenvalue weighted by atomic mass is 16.7. The van der Waals surface area contributed by atoms with Gasteiger partial charge in [0.15, 0.2) is 0 Å². The molecule has 0 aromatic heterocycles. The molecule has 0 unspecified atom stereocenters. The van der Waals surface area contributed by atoms with Crippen LogP contribution in [-0.4, -0.2) is 80.5 Å². The van der Waals surface area contributed by atoms with Gasteiger partial charge in [-0.05, 0) is 40.0 Å². The maximum absolute atomic E-state index is 12.2. The fourth-order valence-electron chi connectivity index (χ4n) is 3.13. The number of nitrogens with zero attached hydrogens (tertiary/aromatic N) is 3. The molecule has 10 heteroatoms. The van der Waals surface area contributed by atoms with Gasteiger partial charge < -0.3 is 14.9 Å². The van der Waals surface area contributed by atoms with Gasteiger partial charge >= 0.3 is 12.1 Å². The molecule has 2 atom stereocenters. The van der Waals surface area contributed by atoms with Crippen molar-refractivity contribution in [3.63, 3.8) is 0 Å². The number of hydrogen-bond donors (Lipinski definition) is 3. The summed E-state index contributed by atoms with van der Waals surface area (Å²) < 4.78 is 0. The van der Waals surface area contributed by atoms with Gasteiger partial charge in [-0.2, -0.15) is 0 Å². The Bertz CT molecular complexity index is 535. The number of nitrogens with one attached hydrogen (secondary N) is 1. The van der Waals surface area contributed by atoms with E-state index in [2.05, 4.69) is 5.48 Å². The number of rotatable bonds is 6. The molecule has 2 aliphatic heterocycles. The first kappa shape index (κ1) is 19.3. The molecule has 25 heavy (non-hydrogen) atoms. The van der Waals surface area contributed by atoms with E-state index in [1.165, 1.54) is 9.80 Å². The van der Waals surface area contributed by atoms with E-state index in [0.717, 1.165) is 0 Å². The minimum atomic E-state index is -1.01. The smallest absolute Gasteiger partial charge is 0.407 e. The zero-order valence-electron chi connectivity index (χ0n) is 14.8. The molecule has 0 aromatic carbocycles. The average molecular weight is 358 g/mol. The van der Waals surface area contributed by atoms with Gasteiger partial charge in [0.1, 0.15) is 6.04 Å². The van der Waals surface area contributed by atoms with E-state index < -0.39 is 29.6 Å². The third kappa shape index (κ3) is 4.31. The number of carboxylic acid groups (broad SMARTS) is 1. The van der Waals surface area contributed by atoms with Crippen molar-refractivity contribution in [3.05, 3.63) is 0 Å². The summed E-state index contributed by atoms with van der Waals surface area (Å²) in [6.07, 6.45) is 0.424. The molecule has 2 bridgehead atoms. The van der Waals surface area contributed by atoms with Crippen LogP contribution in [0.2, 0.25) is 0 Å². The van der Waals surface area contributed by atoms with Gasteiger partial charge in [0.05, 0.1) is 12.6 Å². The van der Waals surface area contributed by atoms with Crippen molar-refractivity contribution in [2.45, 2.75) is 57.7 Å². The summed E-state index contributed by atoms with van der Waals surface area (Å²) in [5.41, 5.74) is 1.80. The molecule has 2 saturated heterocycles. The number of carbonyl (C=O) groups is 3. The predicted octanol–water partition coefficient (Wildman–Crippen LogP) is 0.861. The van der Waals surface area contributed by atoms with Crippen molar-refractivity contribution in [1.82, 2.24) is 20.3 Å². The zero-order chi connectivity index (χ0) is 18.8. The van der Waals surface area contributed by atoms with Crippen LogP contribution in [0.5, 0.6) is 0 Å². The monoisotopic (exact) mass is 358 g/mol. The number of hydroxylamine groups is 3. The fraction of sp³-hybridized carbons (Fsp3) is 0.800. The lowest BCUT2D eigenvalue weighted by Gasteiger charge is -2.33. The molecular formula is C15H26N4O6. The molecule has 0 saturated carbocycles. The summed E-state index contributed by atoms with van der Waals surface area (Å²) in [5, 5.41) is 19.5. The van der Waals surface area contributed by atoms with Gasteiger partial charge in [-0.15, -0.1) is 0 Å². The summed E-state index contributed by atoms with van der Waals surface area (Å²) in [6.45, 7) is 6.17. The third-order valence-corrected chi connectivity index (χ3v) is 4.49. The Balaban J connectivity index is 1.72. The Morgan fingerprint density at radius 3 is 2.64 bits per heavy atom. The number of urea groups is 1. The molecule has 4 amide bonds. The van der Waals surface area contributed by atoms with Gasteiger partial charge in [-0.3, -0.25) is 14.8 Å². The van der Waals surface area contributed by atoms with Crippen molar-refractivity contribution in [3.8, 4) is 0 Å². The molecule has 0 radical (unpaired) electrons. The Kier molecular flexibility index (Phi) is 5.73. The Hall–Kier alpha value is -2.07. The highest BCUT2D eigenvalue weighted by molar-refractivity contribution is 5.87. The quantitative estimate of drug-likeness (QED) is 0.368. The second-order valence-corrected chi connectivity index (χ2v) is 7.30. The standard InChI is InChI=1S/C15H26N4O6/c1-15(2,3)18(14(22)23)7-4-8-25-16-12(20)11-6-5-10-9-17(11)13(21)19(10)24/h10-11,24H,4-9H2,1-3H3,(H,16,20)(H,22,23)/t10-,11+/m1/s1. The number of hydrogen-bond acceptors (Lipinski definition) is 5. The summed E-state index contributed by atoms with van der Waals surface area (Å²) >= 11 is 0. The Morgan fingerprint density at radius 2 is 2.04 bits per heavy atom. The first-order chi connectivity index (χ1) is 11.6. The predicted molar refractivity (Wildman–Crippen MR) is 85.7 cm³/mol. The fourth-order valence-corrected chi connectivity index (χ4v) is 3.13. The number of amides is 4. The van der Waals surface area contributed by atoms with Crippen LogP contribution in [0, 0.1) is 0 Å². The molecule has 0 spiro atoms. The molecule has 2 rings (SSSR count). The van der Waals surface area contributed by atoms with Gasteiger partial charge in [-0.25, -0.2) is 20.1 Å². The number of fused-ring (bicyclic) bond motifs is 2. The van der Waals surface area contributed by atoms with E-state index in [0.29, 0.717) is 30.9 Å². The van der Waals surface area contributed by atoms with E-state index in [-0.39, 0.29) is 19.2 Å². The van der Waals surface area contributed by atoms with Crippen LogP contribution >= 0.6 is 0 Å². The van der Waals surface area contributed by atoms with Crippen LogP contribution in [0.4, 0.5) is 9.59 Å². The molecule has 142 valence electrons. The normalized spacial score (nSPS) is 23.0. The largest absolute Gasteiger partial charge is 0.465 e. The van der Waals surface area contributed by atoms with E-state index in [1.807, 2.05) is 0 Å². The van der Waals surface area contributed by atoms with Crippen LogP contribution in [0.3, 0.4) is 0 Å². The van der Waals surface area contributed by atoms with Crippen molar-refractivity contribution in [1.29, 1.82) is 0 Å². The van der Waals surface area contributed by atoms with Crippen molar-refractivity contribution in [2.24, 2.45) is 0 Å². The molecule has 3 N–H and O–H groups in total. The highest BCUT2D eigenvalue weighted by Crippen LogP contribution is 2.28. The van der Waals surface area contributed by atoms with Crippen LogP contribution < -0.4 is 5.48 Å². The van der Waals surface area contributed by atoms with Crippen LogP contribution in [0.1, 0.15) is 40.0 Å². The summed E-state index contributed by atoms with van der Waals surface area (Å²) in [5.74, 6) is -0.437. The SMILES string of the molecule is CC(C)(C)N(CCCONC(=O)[C@@H]1CC[C@@H]2CN1C(=O)N2O)C(=O)O. The minimum Gasteiger partial charge on any atom is -0.465 e. The van der Waals surface area contributed by atoms with Crippen LogP contribution in [0.25, 0.3) is 0 Å². The van der Waals surface area contributed by atoms with Crippen LogP contribution in [0.15, 0.2) is 0 Å². The van der Waals surface area contributed by atoms with Crippen molar-refractivity contribution >= 4 is 18.0 Å². The summed E-state index contributed by atoms with van der Waals surface area (Å²) in [6, 6.07) is -1.48. The first-order valence-corrected chi connectivity index (χ1v) is 8.34. The van der Waals surface area contributed by atoms with E-state index in [4.69, 9.17) is 4.84 Å². The molecular weight excluding hydrogens is 332 g/mol. The van der Waals surface area contributed by atoms with E-state index in [1.54, 1.807) is 20.8 Å². The van der Waals surface area contributed by atoms with E-state index in [9.17, 15) is 24.7 Å². The van der Waals surface area contributed by atoms with Gasteiger partial charge in [0, 0.05) is 18.6 Å². The lowest BCUT2D eigenvalue weighted by atomic mass is 10.0. The van der Waals surface area contributed by atoms with Crippen LogP contribution in [-0.2, 0) is 9.63 Å². The van der Waals surface area contributed by atoms with Crippen molar-refractivity contribution in [2.75, 3.05) is 19.7 Å². The maximum atomic E-state index is 12.2. The minimum absolute atomic E-state index is 0.154. The molecule has 0 aromatic rings. The van der Waals surface area contributed by atoms with Gasteiger partial charge in [-0.1, -0.05) is 0 Å². The molecule has 0 aliphatic carbocycles. The lowest BCUT2D eigenvalue weighted by Crippen LogP contribution is -2.50. The van der Waals surface area contributed by atoms with Gasteiger partial charge in [0.25, 0.3) is 5.91 Å². The number of carbonyl (C=O) groups excluding carboxylic acids is 2. The molecule has 2 aliphatic rings. The molecule has 2 heterocycles. The van der Waals surface area contributed by atoms with E-state index >= 15 is 0 Å². The first-order valence-electron chi connectivity index (χ1n) is 8.34. The summed E-state index contributed by atoms with van der Waals surface area (Å²) in [7, 11) is 0. The molecule has 10 nitrogen and oxygen atoms in total. The lowest BCUT2D eigenvalue weighted by molar-refractivity contribution is -0.139. The zero-order valence-corrected chi connectivity index (χ0v) is 14.8. The van der Waals surface area contributed by atoms with Gasteiger partial charge in [0.2, 0.25) is 0 Å². The van der Waals surface area contributed by atoms with Crippen molar-refractivity contribution < 1.29 is 29.5 Å². The Morgan fingerprint density at radius 1 is 1.36 bits per heavy atom. The summed E-state index contributed by atoms with van der Waals surface area (Å²) in [4.78, 5) is 43.0. The third-order valence-electron chi connectivity index (χ3n) is 4.49. The maximum Gasteiger partial charge on any atom is 0.407 e. The molecule has 2 fully saturated rings. The topological polar surface area (TPSA) is 123 Å².